The number of hydrogen-bond acceptors (Lipinski definition) is 4. The second-order valence-electron chi connectivity index (χ2n) is 5.65. The number of nitrogens with zero attached hydrogens (tertiary/aromatic N) is 3. The molecule has 0 unspecified atom stereocenters. The molecule has 4 heteroatoms. The quantitative estimate of drug-likeness (QED) is 0.780. The van der Waals surface area contributed by atoms with Gasteiger partial charge >= 0.3 is 0 Å². The largest absolute Gasteiger partial charge is 0.384 e. The van der Waals surface area contributed by atoms with Crippen molar-refractivity contribution in [2.45, 2.75) is 13.3 Å². The van der Waals surface area contributed by atoms with E-state index in [2.05, 4.69) is 53.5 Å². The SMILES string of the molecule is C=CN(C)c1ccccc1N(C)c1ccc(C(=C)NCCC)nc1. The monoisotopic (exact) mass is 322 g/mol. The molecular formula is C20H26N4. The van der Waals surface area contributed by atoms with Crippen LogP contribution < -0.4 is 15.1 Å². The first-order chi connectivity index (χ1) is 11.6. The maximum absolute atomic E-state index is 4.54. The lowest BCUT2D eigenvalue weighted by Gasteiger charge is -2.26. The minimum atomic E-state index is 0.859. The Balaban J connectivity index is 2.23. The Labute approximate surface area is 145 Å². The molecule has 0 radical (unpaired) electrons. The first kappa shape index (κ1) is 17.6. The third-order valence-corrected chi connectivity index (χ3v) is 3.93. The van der Waals surface area contributed by atoms with Crippen LogP contribution in [0.5, 0.6) is 0 Å². The molecule has 0 aliphatic heterocycles. The predicted molar refractivity (Wildman–Crippen MR) is 105 cm³/mol. The number of nitrogens with one attached hydrogen (secondary N) is 1. The maximum Gasteiger partial charge on any atom is 0.0856 e. The van der Waals surface area contributed by atoms with Crippen LogP contribution in [0.25, 0.3) is 5.70 Å². The van der Waals surface area contributed by atoms with Gasteiger partial charge in [-0.25, -0.2) is 0 Å². The highest BCUT2D eigenvalue weighted by Crippen LogP contribution is 2.32. The molecule has 2 rings (SSSR count). The van der Waals surface area contributed by atoms with Crippen LogP contribution in [0, 0.1) is 0 Å². The van der Waals surface area contributed by atoms with Gasteiger partial charge in [-0.05, 0) is 36.9 Å². The molecule has 1 aromatic carbocycles. The number of anilines is 3. The van der Waals surface area contributed by atoms with E-state index in [1.54, 1.807) is 6.20 Å². The molecule has 4 nitrogen and oxygen atoms in total. The van der Waals surface area contributed by atoms with Crippen molar-refractivity contribution in [2.24, 2.45) is 0 Å². The van der Waals surface area contributed by atoms with Crippen LogP contribution in [0.3, 0.4) is 0 Å². The van der Waals surface area contributed by atoms with E-state index in [4.69, 9.17) is 0 Å². The Kier molecular flexibility index (Phi) is 6.01. The van der Waals surface area contributed by atoms with Gasteiger partial charge in [0, 0.05) is 20.6 Å². The second-order valence-corrected chi connectivity index (χ2v) is 5.65. The van der Waals surface area contributed by atoms with E-state index in [9.17, 15) is 0 Å². The molecule has 1 heterocycles. The van der Waals surface area contributed by atoms with Crippen LogP contribution in [0.1, 0.15) is 19.0 Å². The maximum atomic E-state index is 4.54. The van der Waals surface area contributed by atoms with Crippen LogP contribution >= 0.6 is 0 Å². The van der Waals surface area contributed by atoms with Gasteiger partial charge in [-0.15, -0.1) is 0 Å². The van der Waals surface area contributed by atoms with E-state index < -0.39 is 0 Å². The number of hydrogen-bond donors (Lipinski definition) is 1. The minimum Gasteiger partial charge on any atom is -0.384 e. The van der Waals surface area contributed by atoms with E-state index >= 15 is 0 Å². The fourth-order valence-corrected chi connectivity index (χ4v) is 2.41. The van der Waals surface area contributed by atoms with Gasteiger partial charge in [0.05, 0.1) is 34.6 Å². The molecule has 0 aliphatic rings. The van der Waals surface area contributed by atoms with Gasteiger partial charge in [0.1, 0.15) is 0 Å². The molecular weight excluding hydrogens is 296 g/mol. The van der Waals surface area contributed by atoms with Crippen LogP contribution in [0.2, 0.25) is 0 Å². The highest BCUT2D eigenvalue weighted by atomic mass is 15.2. The van der Waals surface area contributed by atoms with Crippen molar-refractivity contribution in [1.29, 1.82) is 0 Å². The van der Waals surface area contributed by atoms with E-state index in [1.165, 1.54) is 0 Å². The zero-order valence-corrected chi connectivity index (χ0v) is 14.8. The lowest BCUT2D eigenvalue weighted by atomic mass is 10.2. The number of benzene rings is 1. The Morgan fingerprint density at radius 3 is 2.46 bits per heavy atom. The van der Waals surface area contributed by atoms with Crippen molar-refractivity contribution in [3.8, 4) is 0 Å². The Bertz CT molecular complexity index is 691. The Hall–Kier alpha value is -2.75. The van der Waals surface area contributed by atoms with Gasteiger partial charge in [0.25, 0.3) is 0 Å². The molecule has 0 atom stereocenters. The molecule has 0 bridgehead atoms. The van der Waals surface area contributed by atoms with E-state index in [0.717, 1.165) is 41.4 Å². The van der Waals surface area contributed by atoms with Gasteiger partial charge in [0.15, 0.2) is 0 Å². The fourth-order valence-electron chi connectivity index (χ4n) is 2.41. The summed E-state index contributed by atoms with van der Waals surface area (Å²) in [5.41, 5.74) is 4.94. The molecule has 126 valence electrons. The molecule has 0 aliphatic carbocycles. The first-order valence-electron chi connectivity index (χ1n) is 8.15. The zero-order valence-electron chi connectivity index (χ0n) is 14.8. The lowest BCUT2D eigenvalue weighted by Crippen LogP contribution is -2.16. The predicted octanol–water partition coefficient (Wildman–Crippen LogP) is 4.40. The van der Waals surface area contributed by atoms with E-state index in [0.29, 0.717) is 0 Å². The third-order valence-electron chi connectivity index (χ3n) is 3.93. The van der Waals surface area contributed by atoms with Gasteiger partial charge in [0.2, 0.25) is 0 Å². The summed E-state index contributed by atoms with van der Waals surface area (Å²) in [5.74, 6) is 0. The Morgan fingerprint density at radius 2 is 1.88 bits per heavy atom. The lowest BCUT2D eigenvalue weighted by molar-refractivity contribution is 0.821. The second kappa shape index (κ2) is 8.20. The smallest absolute Gasteiger partial charge is 0.0856 e. The summed E-state index contributed by atoms with van der Waals surface area (Å²) in [4.78, 5) is 8.66. The van der Waals surface area contributed by atoms with Gasteiger partial charge < -0.3 is 15.1 Å². The number of pyridine rings is 1. The number of aromatic nitrogens is 1. The summed E-state index contributed by atoms with van der Waals surface area (Å²) in [6.45, 7) is 10.9. The van der Waals surface area contributed by atoms with Crippen molar-refractivity contribution in [2.75, 3.05) is 30.4 Å². The van der Waals surface area contributed by atoms with Gasteiger partial charge in [-0.2, -0.15) is 0 Å². The molecule has 0 amide bonds. The van der Waals surface area contributed by atoms with E-state index in [-0.39, 0.29) is 0 Å². The fraction of sp³-hybridized carbons (Fsp3) is 0.250. The number of para-hydroxylation sites is 2. The van der Waals surface area contributed by atoms with Crippen LogP contribution in [0.4, 0.5) is 17.1 Å². The molecule has 1 N–H and O–H groups in total. The highest BCUT2D eigenvalue weighted by molar-refractivity contribution is 5.77. The van der Waals surface area contributed by atoms with Crippen molar-refractivity contribution >= 4 is 22.8 Å². The first-order valence-corrected chi connectivity index (χ1v) is 8.15. The van der Waals surface area contributed by atoms with Crippen molar-refractivity contribution in [1.82, 2.24) is 10.3 Å². The summed E-state index contributed by atoms with van der Waals surface area (Å²) < 4.78 is 0. The minimum absolute atomic E-state index is 0.859. The standard InChI is InChI=1S/C20H26N4/c1-6-14-21-16(3)18-13-12-17(15-22-18)24(5)20-11-9-8-10-19(20)23(4)7-2/h7-13,15,21H,2-3,6,14H2,1,4-5H3. The summed E-state index contributed by atoms with van der Waals surface area (Å²) in [7, 11) is 4.03. The molecule has 0 saturated carbocycles. The van der Waals surface area contributed by atoms with Crippen molar-refractivity contribution < 1.29 is 0 Å². The van der Waals surface area contributed by atoms with E-state index in [1.807, 2.05) is 43.4 Å². The molecule has 0 fully saturated rings. The van der Waals surface area contributed by atoms with Crippen molar-refractivity contribution in [3.05, 3.63) is 67.6 Å². The average Bonchev–Trinajstić information content (AvgIpc) is 2.65. The third kappa shape index (κ3) is 3.96. The van der Waals surface area contributed by atoms with Crippen molar-refractivity contribution in [3.63, 3.8) is 0 Å². The molecule has 0 saturated heterocycles. The molecule has 0 spiro atoms. The topological polar surface area (TPSA) is 31.4 Å². The summed E-state index contributed by atoms with van der Waals surface area (Å²) in [6, 6.07) is 12.3. The van der Waals surface area contributed by atoms with Gasteiger partial charge in [-0.1, -0.05) is 32.2 Å². The summed E-state index contributed by atoms with van der Waals surface area (Å²) in [6.07, 6.45) is 4.74. The molecule has 1 aromatic heterocycles. The summed E-state index contributed by atoms with van der Waals surface area (Å²) in [5, 5.41) is 3.27. The van der Waals surface area contributed by atoms with Crippen LogP contribution in [-0.4, -0.2) is 25.6 Å². The summed E-state index contributed by atoms with van der Waals surface area (Å²) >= 11 is 0. The normalized spacial score (nSPS) is 10.1. The zero-order chi connectivity index (χ0) is 17.5. The highest BCUT2D eigenvalue weighted by Gasteiger charge is 2.11. The molecule has 24 heavy (non-hydrogen) atoms. The number of rotatable bonds is 8. The van der Waals surface area contributed by atoms with Gasteiger partial charge in [-0.3, -0.25) is 4.98 Å². The van der Waals surface area contributed by atoms with Crippen LogP contribution in [-0.2, 0) is 0 Å². The Morgan fingerprint density at radius 1 is 1.17 bits per heavy atom. The molecule has 2 aromatic rings. The van der Waals surface area contributed by atoms with Crippen LogP contribution in [0.15, 0.2) is 62.0 Å². The average molecular weight is 322 g/mol.